The standard InChI is InChI=1S/C30H32F3N5O5/c1-18-15-38(19(2)17-39)28(41)24-14-23(35-27(40)20-10-12-34-13-11-20)8-9-25(24)43-26(18)16-37(3)29(42)36-22-6-4-21(5-7-22)30(31,32)33/h4-14,18-19,26,39H,15-17H2,1-3H3,(H,35,40)(H,36,42). The molecule has 13 heteroatoms. The first-order valence-electron chi connectivity index (χ1n) is 13.5. The molecular formula is C30H32F3N5O5. The lowest BCUT2D eigenvalue weighted by molar-refractivity contribution is -0.137. The number of nitrogens with one attached hydrogen (secondary N) is 2. The van der Waals surface area contributed by atoms with Crippen molar-refractivity contribution >= 4 is 29.2 Å². The minimum atomic E-state index is -4.49. The zero-order valence-electron chi connectivity index (χ0n) is 23.8. The third-order valence-corrected chi connectivity index (χ3v) is 7.13. The number of hydrogen-bond acceptors (Lipinski definition) is 6. The van der Waals surface area contributed by atoms with Gasteiger partial charge in [0.15, 0.2) is 0 Å². The number of rotatable bonds is 7. The summed E-state index contributed by atoms with van der Waals surface area (Å²) in [5.74, 6) is -0.849. The molecule has 0 bridgehead atoms. The van der Waals surface area contributed by atoms with E-state index in [0.717, 1.165) is 12.1 Å². The first kappa shape index (κ1) is 31.3. The van der Waals surface area contributed by atoms with Gasteiger partial charge >= 0.3 is 12.2 Å². The number of benzene rings is 2. The highest BCUT2D eigenvalue weighted by molar-refractivity contribution is 6.05. The molecule has 4 rings (SSSR count). The molecule has 0 radical (unpaired) electrons. The van der Waals surface area contributed by atoms with Crippen LogP contribution in [0.25, 0.3) is 0 Å². The predicted molar refractivity (Wildman–Crippen MR) is 153 cm³/mol. The number of fused-ring (bicyclic) bond motifs is 1. The zero-order chi connectivity index (χ0) is 31.3. The number of urea groups is 1. The second-order valence-electron chi connectivity index (χ2n) is 10.4. The molecule has 43 heavy (non-hydrogen) atoms. The van der Waals surface area contributed by atoms with E-state index in [1.54, 1.807) is 31.2 Å². The van der Waals surface area contributed by atoms with Crippen molar-refractivity contribution < 1.29 is 37.4 Å². The Labute approximate surface area is 246 Å². The van der Waals surface area contributed by atoms with E-state index in [1.807, 2.05) is 6.92 Å². The molecule has 3 aromatic rings. The quantitative estimate of drug-likeness (QED) is 0.361. The summed E-state index contributed by atoms with van der Waals surface area (Å²) in [6, 6.07) is 10.8. The van der Waals surface area contributed by atoms with Gasteiger partial charge in [-0.3, -0.25) is 14.6 Å². The fourth-order valence-corrected chi connectivity index (χ4v) is 4.54. The number of aliphatic hydroxyl groups excluding tert-OH is 1. The number of likely N-dealkylation sites (N-methyl/N-ethyl adjacent to an activating group) is 1. The average molecular weight is 600 g/mol. The number of amides is 4. The lowest BCUT2D eigenvalue weighted by Gasteiger charge is -2.38. The monoisotopic (exact) mass is 599 g/mol. The molecule has 0 spiro atoms. The molecule has 0 saturated heterocycles. The van der Waals surface area contributed by atoms with E-state index >= 15 is 0 Å². The van der Waals surface area contributed by atoms with Crippen molar-refractivity contribution in [2.24, 2.45) is 5.92 Å². The average Bonchev–Trinajstić information content (AvgIpc) is 2.99. The molecule has 0 saturated carbocycles. The van der Waals surface area contributed by atoms with Crippen molar-refractivity contribution in [2.45, 2.75) is 32.2 Å². The van der Waals surface area contributed by atoms with Gasteiger partial charge in [-0.25, -0.2) is 4.79 Å². The molecule has 1 aromatic heterocycles. The Kier molecular flexibility index (Phi) is 9.54. The summed E-state index contributed by atoms with van der Waals surface area (Å²) in [7, 11) is 1.52. The van der Waals surface area contributed by atoms with Gasteiger partial charge in [-0.2, -0.15) is 13.2 Å². The van der Waals surface area contributed by atoms with Crippen molar-refractivity contribution in [3.05, 3.63) is 83.7 Å². The van der Waals surface area contributed by atoms with Crippen LogP contribution >= 0.6 is 0 Å². The van der Waals surface area contributed by atoms with Crippen LogP contribution in [-0.4, -0.2) is 76.6 Å². The Morgan fingerprint density at radius 2 is 1.74 bits per heavy atom. The highest BCUT2D eigenvalue weighted by Crippen LogP contribution is 2.32. The van der Waals surface area contributed by atoms with E-state index in [1.165, 1.54) is 47.4 Å². The Morgan fingerprint density at radius 1 is 1.09 bits per heavy atom. The van der Waals surface area contributed by atoms with Crippen LogP contribution < -0.4 is 15.4 Å². The lowest BCUT2D eigenvalue weighted by Crippen LogP contribution is -2.50. The maximum atomic E-state index is 13.6. The molecule has 10 nitrogen and oxygen atoms in total. The predicted octanol–water partition coefficient (Wildman–Crippen LogP) is 4.74. The number of halogens is 3. The third kappa shape index (κ3) is 7.60. The Balaban J connectivity index is 1.55. The van der Waals surface area contributed by atoms with Crippen LogP contribution in [0.4, 0.5) is 29.3 Å². The largest absolute Gasteiger partial charge is 0.487 e. The molecule has 228 valence electrons. The number of aliphatic hydroxyl groups is 1. The highest BCUT2D eigenvalue weighted by Gasteiger charge is 2.34. The Morgan fingerprint density at radius 3 is 2.37 bits per heavy atom. The maximum absolute atomic E-state index is 13.6. The number of nitrogens with zero attached hydrogens (tertiary/aromatic N) is 3. The van der Waals surface area contributed by atoms with Crippen LogP contribution in [0.15, 0.2) is 67.0 Å². The van der Waals surface area contributed by atoms with Gasteiger partial charge in [0, 0.05) is 48.8 Å². The van der Waals surface area contributed by atoms with Crippen LogP contribution in [-0.2, 0) is 6.18 Å². The van der Waals surface area contributed by atoms with Gasteiger partial charge in [0.25, 0.3) is 11.8 Å². The second kappa shape index (κ2) is 13.1. The summed E-state index contributed by atoms with van der Waals surface area (Å²) in [5.41, 5.74) is 0.266. The molecule has 2 heterocycles. The Hall–Kier alpha value is -4.65. The van der Waals surface area contributed by atoms with Gasteiger partial charge in [0.1, 0.15) is 11.9 Å². The summed E-state index contributed by atoms with van der Waals surface area (Å²) in [6.07, 6.45) is -2.12. The minimum absolute atomic E-state index is 0.0726. The molecule has 1 aliphatic heterocycles. The van der Waals surface area contributed by atoms with E-state index in [9.17, 15) is 32.7 Å². The zero-order valence-corrected chi connectivity index (χ0v) is 23.8. The number of carbonyl (C=O) groups is 3. The van der Waals surface area contributed by atoms with Crippen molar-refractivity contribution in [2.75, 3.05) is 37.4 Å². The molecule has 0 aliphatic carbocycles. The summed E-state index contributed by atoms with van der Waals surface area (Å²) in [6.45, 7) is 3.55. The number of pyridine rings is 1. The SMILES string of the molecule is CC1CN(C(C)CO)C(=O)c2cc(NC(=O)c3ccncc3)ccc2OC1CN(C)C(=O)Nc1ccc(C(F)(F)F)cc1. The molecule has 3 atom stereocenters. The van der Waals surface area contributed by atoms with Gasteiger partial charge in [-0.05, 0) is 61.5 Å². The van der Waals surface area contributed by atoms with Crippen LogP contribution in [0.3, 0.4) is 0 Å². The molecule has 4 amide bonds. The van der Waals surface area contributed by atoms with Crippen molar-refractivity contribution in [3.63, 3.8) is 0 Å². The number of ether oxygens (including phenoxy) is 1. The second-order valence-corrected chi connectivity index (χ2v) is 10.4. The Bertz CT molecular complexity index is 1450. The van der Waals surface area contributed by atoms with Crippen molar-refractivity contribution in [1.82, 2.24) is 14.8 Å². The van der Waals surface area contributed by atoms with E-state index in [-0.39, 0.29) is 42.6 Å². The highest BCUT2D eigenvalue weighted by atomic mass is 19.4. The number of alkyl halides is 3. The first-order valence-corrected chi connectivity index (χ1v) is 13.5. The summed E-state index contributed by atoms with van der Waals surface area (Å²) in [4.78, 5) is 46.0. The maximum Gasteiger partial charge on any atom is 0.416 e. The van der Waals surface area contributed by atoms with E-state index < -0.39 is 41.7 Å². The first-order chi connectivity index (χ1) is 20.4. The van der Waals surface area contributed by atoms with Gasteiger partial charge in [0.05, 0.1) is 30.3 Å². The number of hydrogen-bond donors (Lipinski definition) is 3. The van der Waals surface area contributed by atoms with E-state index in [0.29, 0.717) is 11.3 Å². The smallest absolute Gasteiger partial charge is 0.416 e. The molecular weight excluding hydrogens is 567 g/mol. The molecule has 2 aromatic carbocycles. The third-order valence-electron chi connectivity index (χ3n) is 7.13. The number of carbonyl (C=O) groups excluding carboxylic acids is 3. The van der Waals surface area contributed by atoms with Gasteiger partial charge in [0.2, 0.25) is 0 Å². The fraction of sp³-hybridized carbons (Fsp3) is 0.333. The number of anilines is 2. The molecule has 3 unspecified atom stereocenters. The van der Waals surface area contributed by atoms with Gasteiger partial charge in [-0.1, -0.05) is 6.92 Å². The van der Waals surface area contributed by atoms with Crippen LogP contribution in [0.2, 0.25) is 0 Å². The van der Waals surface area contributed by atoms with E-state index in [4.69, 9.17) is 4.74 Å². The molecule has 0 fully saturated rings. The summed E-state index contributed by atoms with van der Waals surface area (Å²) >= 11 is 0. The topological polar surface area (TPSA) is 124 Å². The van der Waals surface area contributed by atoms with Crippen molar-refractivity contribution in [3.8, 4) is 5.75 Å². The van der Waals surface area contributed by atoms with Gasteiger partial charge in [-0.15, -0.1) is 0 Å². The van der Waals surface area contributed by atoms with Crippen LogP contribution in [0, 0.1) is 5.92 Å². The normalized spacial score (nSPS) is 17.6. The lowest BCUT2D eigenvalue weighted by atomic mass is 9.99. The van der Waals surface area contributed by atoms with Crippen LogP contribution in [0.5, 0.6) is 5.75 Å². The van der Waals surface area contributed by atoms with Gasteiger partial charge < -0.3 is 30.3 Å². The van der Waals surface area contributed by atoms with Crippen molar-refractivity contribution in [1.29, 1.82) is 0 Å². The molecule has 3 N–H and O–H groups in total. The number of aromatic nitrogens is 1. The van der Waals surface area contributed by atoms with E-state index in [2.05, 4.69) is 15.6 Å². The minimum Gasteiger partial charge on any atom is -0.487 e. The van der Waals surface area contributed by atoms with Crippen LogP contribution in [0.1, 0.15) is 40.1 Å². The summed E-state index contributed by atoms with van der Waals surface area (Å²) < 4.78 is 44.9. The molecule has 1 aliphatic rings. The summed E-state index contributed by atoms with van der Waals surface area (Å²) in [5, 5.41) is 15.2. The fourth-order valence-electron chi connectivity index (χ4n) is 4.54.